The molecule has 2 heteroatoms. The molecule has 15 heavy (non-hydrogen) atoms. The highest BCUT2D eigenvalue weighted by Crippen LogP contribution is 2.36. The maximum absolute atomic E-state index is 3.70. The SMILES string of the molecule is CCCCN1CC(CC)NCC1C1CC1. The molecule has 0 radical (unpaired) electrons. The molecule has 1 saturated carbocycles. The van der Waals surface area contributed by atoms with Gasteiger partial charge < -0.3 is 5.32 Å². The fourth-order valence-electron chi connectivity index (χ4n) is 2.74. The first-order valence-corrected chi connectivity index (χ1v) is 6.82. The second kappa shape index (κ2) is 5.31. The van der Waals surface area contributed by atoms with Crippen molar-refractivity contribution in [2.75, 3.05) is 19.6 Å². The average molecular weight is 210 g/mol. The van der Waals surface area contributed by atoms with Gasteiger partial charge >= 0.3 is 0 Å². The van der Waals surface area contributed by atoms with E-state index in [4.69, 9.17) is 0 Å². The molecule has 2 aliphatic rings. The van der Waals surface area contributed by atoms with E-state index in [0.29, 0.717) is 0 Å². The molecule has 1 N–H and O–H groups in total. The number of rotatable bonds is 5. The van der Waals surface area contributed by atoms with Gasteiger partial charge in [-0.15, -0.1) is 0 Å². The predicted molar refractivity (Wildman–Crippen MR) is 65.1 cm³/mol. The second-order valence-electron chi connectivity index (χ2n) is 5.27. The van der Waals surface area contributed by atoms with E-state index in [1.165, 1.54) is 51.7 Å². The van der Waals surface area contributed by atoms with Gasteiger partial charge in [0.15, 0.2) is 0 Å². The topological polar surface area (TPSA) is 15.3 Å². The lowest BCUT2D eigenvalue weighted by Gasteiger charge is -2.40. The van der Waals surface area contributed by atoms with Crippen molar-refractivity contribution in [3.8, 4) is 0 Å². The molecule has 88 valence electrons. The summed E-state index contributed by atoms with van der Waals surface area (Å²) in [5.74, 6) is 1.02. The van der Waals surface area contributed by atoms with Crippen LogP contribution in [0.25, 0.3) is 0 Å². The van der Waals surface area contributed by atoms with Crippen molar-refractivity contribution >= 4 is 0 Å². The molecule has 0 amide bonds. The Morgan fingerprint density at radius 3 is 2.67 bits per heavy atom. The number of piperazine rings is 1. The largest absolute Gasteiger partial charge is 0.311 e. The zero-order valence-corrected chi connectivity index (χ0v) is 10.3. The molecule has 2 nitrogen and oxygen atoms in total. The van der Waals surface area contributed by atoms with Crippen LogP contribution in [0, 0.1) is 5.92 Å². The third-order valence-electron chi connectivity index (χ3n) is 4.00. The smallest absolute Gasteiger partial charge is 0.0249 e. The van der Waals surface area contributed by atoms with Gasteiger partial charge in [-0.2, -0.15) is 0 Å². The zero-order chi connectivity index (χ0) is 10.7. The van der Waals surface area contributed by atoms with Gasteiger partial charge in [0.25, 0.3) is 0 Å². The van der Waals surface area contributed by atoms with Gasteiger partial charge in [0, 0.05) is 25.2 Å². The Bertz CT molecular complexity index is 189. The van der Waals surface area contributed by atoms with Gasteiger partial charge in [-0.05, 0) is 38.1 Å². The molecular weight excluding hydrogens is 184 g/mol. The summed E-state index contributed by atoms with van der Waals surface area (Å²) in [6.07, 6.45) is 6.94. The molecule has 0 aromatic heterocycles. The summed E-state index contributed by atoms with van der Waals surface area (Å²) >= 11 is 0. The molecular formula is C13H26N2. The molecule has 1 heterocycles. The van der Waals surface area contributed by atoms with Crippen LogP contribution in [-0.4, -0.2) is 36.6 Å². The number of nitrogens with one attached hydrogen (secondary N) is 1. The molecule has 2 unspecified atom stereocenters. The van der Waals surface area contributed by atoms with Gasteiger partial charge in [0.2, 0.25) is 0 Å². The maximum Gasteiger partial charge on any atom is 0.0249 e. The second-order valence-corrected chi connectivity index (χ2v) is 5.27. The Kier molecular flexibility index (Phi) is 4.04. The van der Waals surface area contributed by atoms with Crippen molar-refractivity contribution in [3.05, 3.63) is 0 Å². The van der Waals surface area contributed by atoms with Gasteiger partial charge in [0.05, 0.1) is 0 Å². The third-order valence-corrected chi connectivity index (χ3v) is 4.00. The van der Waals surface area contributed by atoms with Gasteiger partial charge in [0.1, 0.15) is 0 Å². The number of unbranched alkanes of at least 4 members (excludes halogenated alkanes) is 1. The highest BCUT2D eigenvalue weighted by Gasteiger charge is 2.37. The highest BCUT2D eigenvalue weighted by molar-refractivity contribution is 4.94. The minimum atomic E-state index is 0.747. The van der Waals surface area contributed by atoms with Crippen LogP contribution in [0.15, 0.2) is 0 Å². The van der Waals surface area contributed by atoms with Crippen molar-refractivity contribution in [2.45, 2.75) is 58.0 Å². The number of hydrogen-bond acceptors (Lipinski definition) is 2. The Morgan fingerprint density at radius 1 is 1.27 bits per heavy atom. The van der Waals surface area contributed by atoms with E-state index in [2.05, 4.69) is 24.1 Å². The number of hydrogen-bond donors (Lipinski definition) is 1. The van der Waals surface area contributed by atoms with Crippen molar-refractivity contribution in [3.63, 3.8) is 0 Å². The van der Waals surface area contributed by atoms with Crippen molar-refractivity contribution in [1.82, 2.24) is 10.2 Å². The molecule has 0 spiro atoms. The van der Waals surface area contributed by atoms with Gasteiger partial charge in [-0.1, -0.05) is 20.3 Å². The Hall–Kier alpha value is -0.0800. The summed E-state index contributed by atoms with van der Waals surface area (Å²) < 4.78 is 0. The summed E-state index contributed by atoms with van der Waals surface area (Å²) in [6.45, 7) is 8.46. The molecule has 2 rings (SSSR count). The first-order valence-electron chi connectivity index (χ1n) is 6.82. The first kappa shape index (κ1) is 11.4. The lowest BCUT2D eigenvalue weighted by Crippen LogP contribution is -2.57. The van der Waals surface area contributed by atoms with Crippen LogP contribution in [0.5, 0.6) is 0 Å². The summed E-state index contributed by atoms with van der Waals surface area (Å²) in [7, 11) is 0. The maximum atomic E-state index is 3.70. The van der Waals surface area contributed by atoms with Crippen LogP contribution in [0.4, 0.5) is 0 Å². The van der Waals surface area contributed by atoms with E-state index in [9.17, 15) is 0 Å². The fraction of sp³-hybridized carbons (Fsp3) is 1.00. The van der Waals surface area contributed by atoms with E-state index in [-0.39, 0.29) is 0 Å². The van der Waals surface area contributed by atoms with E-state index < -0.39 is 0 Å². The van der Waals surface area contributed by atoms with Crippen molar-refractivity contribution in [2.24, 2.45) is 5.92 Å². The Morgan fingerprint density at radius 2 is 2.07 bits per heavy atom. The van der Waals surface area contributed by atoms with Crippen LogP contribution < -0.4 is 5.32 Å². The quantitative estimate of drug-likeness (QED) is 0.749. The Balaban J connectivity index is 1.86. The minimum absolute atomic E-state index is 0.747. The van der Waals surface area contributed by atoms with E-state index in [1.807, 2.05) is 0 Å². The van der Waals surface area contributed by atoms with Crippen LogP contribution in [0.1, 0.15) is 46.0 Å². The lowest BCUT2D eigenvalue weighted by molar-refractivity contribution is 0.112. The molecule has 1 aliphatic carbocycles. The average Bonchev–Trinajstić information content (AvgIpc) is 3.09. The van der Waals surface area contributed by atoms with E-state index in [0.717, 1.165) is 18.0 Å². The minimum Gasteiger partial charge on any atom is -0.311 e. The third kappa shape index (κ3) is 2.94. The fourth-order valence-corrected chi connectivity index (χ4v) is 2.74. The molecule has 0 bridgehead atoms. The standard InChI is InChI=1S/C13H26N2/c1-3-5-8-15-10-12(4-2)14-9-13(15)11-6-7-11/h11-14H,3-10H2,1-2H3. The Labute approximate surface area is 94.4 Å². The predicted octanol–water partition coefficient (Wildman–Crippen LogP) is 2.25. The van der Waals surface area contributed by atoms with E-state index in [1.54, 1.807) is 0 Å². The molecule has 1 saturated heterocycles. The normalized spacial score (nSPS) is 33.2. The zero-order valence-electron chi connectivity index (χ0n) is 10.3. The molecule has 0 aromatic carbocycles. The molecule has 2 atom stereocenters. The van der Waals surface area contributed by atoms with Crippen molar-refractivity contribution in [1.29, 1.82) is 0 Å². The molecule has 1 aliphatic heterocycles. The van der Waals surface area contributed by atoms with Crippen molar-refractivity contribution < 1.29 is 0 Å². The monoisotopic (exact) mass is 210 g/mol. The van der Waals surface area contributed by atoms with Crippen LogP contribution in [0.2, 0.25) is 0 Å². The lowest BCUT2D eigenvalue weighted by atomic mass is 10.0. The first-order chi connectivity index (χ1) is 7.35. The van der Waals surface area contributed by atoms with E-state index >= 15 is 0 Å². The van der Waals surface area contributed by atoms with Crippen LogP contribution in [0.3, 0.4) is 0 Å². The van der Waals surface area contributed by atoms with Gasteiger partial charge in [-0.25, -0.2) is 0 Å². The molecule has 0 aromatic rings. The van der Waals surface area contributed by atoms with Crippen LogP contribution >= 0.6 is 0 Å². The highest BCUT2D eigenvalue weighted by atomic mass is 15.2. The van der Waals surface area contributed by atoms with Crippen LogP contribution in [-0.2, 0) is 0 Å². The van der Waals surface area contributed by atoms with Gasteiger partial charge in [-0.3, -0.25) is 4.90 Å². The summed E-state index contributed by atoms with van der Waals surface area (Å²) in [4.78, 5) is 2.77. The number of nitrogens with zero attached hydrogens (tertiary/aromatic N) is 1. The summed E-state index contributed by atoms with van der Waals surface area (Å²) in [6, 6.07) is 1.61. The summed E-state index contributed by atoms with van der Waals surface area (Å²) in [5, 5.41) is 3.70. The molecule has 2 fully saturated rings. The summed E-state index contributed by atoms with van der Waals surface area (Å²) in [5.41, 5.74) is 0.